The maximum absolute atomic E-state index is 10.9. The highest BCUT2D eigenvalue weighted by Gasteiger charge is 2.19. The number of aliphatic hydroxyl groups is 1. The molecule has 0 aromatic carbocycles. The molecule has 17 heavy (non-hydrogen) atoms. The van der Waals surface area contributed by atoms with Crippen LogP contribution in [-0.2, 0) is 4.79 Å². The first-order chi connectivity index (χ1) is 7.99. The number of rotatable bonds is 10. The molecule has 0 radical (unpaired) electrons. The van der Waals surface area contributed by atoms with Crippen LogP contribution in [0.5, 0.6) is 0 Å². The minimum absolute atomic E-state index is 0.0175. The highest BCUT2D eigenvalue weighted by molar-refractivity contribution is 5.72. The molecule has 0 saturated carbocycles. The van der Waals surface area contributed by atoms with Crippen LogP contribution in [0.25, 0.3) is 0 Å². The van der Waals surface area contributed by atoms with Crippen molar-refractivity contribution in [3.63, 3.8) is 0 Å². The van der Waals surface area contributed by atoms with Gasteiger partial charge in [0.2, 0.25) is 0 Å². The largest absolute Gasteiger partial charge is 0.480 e. The van der Waals surface area contributed by atoms with Gasteiger partial charge in [0.15, 0.2) is 0 Å². The van der Waals surface area contributed by atoms with Crippen LogP contribution in [0.2, 0.25) is 0 Å². The van der Waals surface area contributed by atoms with E-state index >= 15 is 0 Å². The van der Waals surface area contributed by atoms with Gasteiger partial charge in [0.05, 0.1) is 6.61 Å². The van der Waals surface area contributed by atoms with Gasteiger partial charge in [-0.2, -0.15) is 0 Å². The van der Waals surface area contributed by atoms with E-state index in [0.717, 1.165) is 25.3 Å². The second-order valence-corrected chi connectivity index (χ2v) is 5.02. The first kappa shape index (κ1) is 16.4. The highest BCUT2D eigenvalue weighted by atomic mass is 16.4. The van der Waals surface area contributed by atoms with Crippen LogP contribution in [0, 0.1) is 5.92 Å². The van der Waals surface area contributed by atoms with Gasteiger partial charge in [0, 0.05) is 6.54 Å². The van der Waals surface area contributed by atoms with Crippen molar-refractivity contribution in [1.29, 1.82) is 0 Å². The van der Waals surface area contributed by atoms with Crippen LogP contribution in [0.3, 0.4) is 0 Å². The Morgan fingerprint density at radius 2 is 1.76 bits per heavy atom. The summed E-state index contributed by atoms with van der Waals surface area (Å²) in [7, 11) is 0. The van der Waals surface area contributed by atoms with Crippen molar-refractivity contribution in [3.05, 3.63) is 0 Å². The lowest BCUT2D eigenvalue weighted by atomic mass is 10.1. The van der Waals surface area contributed by atoms with E-state index in [0.29, 0.717) is 6.54 Å². The minimum Gasteiger partial charge on any atom is -0.480 e. The molecule has 0 unspecified atom stereocenters. The van der Waals surface area contributed by atoms with Gasteiger partial charge in [-0.05, 0) is 25.8 Å². The van der Waals surface area contributed by atoms with E-state index in [9.17, 15) is 4.79 Å². The zero-order valence-corrected chi connectivity index (χ0v) is 11.4. The Balaban J connectivity index is 3.81. The first-order valence-corrected chi connectivity index (χ1v) is 6.56. The Kier molecular flexibility index (Phi) is 9.09. The van der Waals surface area contributed by atoms with Gasteiger partial charge in [0.1, 0.15) is 6.04 Å². The summed E-state index contributed by atoms with van der Waals surface area (Å²) in [4.78, 5) is 12.7. The zero-order valence-electron chi connectivity index (χ0n) is 11.4. The normalized spacial score (nSPS) is 13.3. The molecule has 102 valence electrons. The highest BCUT2D eigenvalue weighted by Crippen LogP contribution is 2.09. The van der Waals surface area contributed by atoms with Gasteiger partial charge in [-0.25, -0.2) is 0 Å². The monoisotopic (exact) mass is 245 g/mol. The molecule has 0 heterocycles. The molecule has 2 N–H and O–H groups in total. The number of carboxylic acid groups (broad SMARTS) is 1. The topological polar surface area (TPSA) is 60.8 Å². The average molecular weight is 245 g/mol. The predicted octanol–water partition coefficient (Wildman–Crippen LogP) is 1.97. The van der Waals surface area contributed by atoms with Crippen molar-refractivity contribution < 1.29 is 15.0 Å². The number of nitrogens with zero attached hydrogens (tertiary/aromatic N) is 1. The average Bonchev–Trinajstić information content (AvgIpc) is 2.25. The molecule has 4 nitrogen and oxygen atoms in total. The molecule has 0 aliphatic heterocycles. The molecule has 0 amide bonds. The van der Waals surface area contributed by atoms with Crippen molar-refractivity contribution in [1.82, 2.24) is 4.90 Å². The second-order valence-electron chi connectivity index (χ2n) is 5.02. The maximum Gasteiger partial charge on any atom is 0.320 e. The van der Waals surface area contributed by atoms with Gasteiger partial charge in [-0.1, -0.05) is 33.1 Å². The van der Waals surface area contributed by atoms with E-state index in [1.807, 2.05) is 4.90 Å². The Bertz CT molecular complexity index is 207. The maximum atomic E-state index is 10.9. The summed E-state index contributed by atoms with van der Waals surface area (Å²) in [5, 5.41) is 17.8. The SMILES string of the molecule is CC(C)CCCCCN(CCO)[C@@H](C)C(=O)O. The van der Waals surface area contributed by atoms with E-state index < -0.39 is 12.0 Å². The Morgan fingerprint density at radius 1 is 1.12 bits per heavy atom. The molecule has 0 spiro atoms. The fourth-order valence-electron chi connectivity index (χ4n) is 1.83. The Hall–Kier alpha value is -0.610. The molecule has 0 rings (SSSR count). The number of aliphatic carboxylic acids is 1. The van der Waals surface area contributed by atoms with Crippen molar-refractivity contribution in [2.75, 3.05) is 19.7 Å². The molecule has 0 aliphatic rings. The second kappa shape index (κ2) is 9.42. The van der Waals surface area contributed by atoms with Crippen LogP contribution in [-0.4, -0.2) is 46.8 Å². The molecular weight excluding hydrogens is 218 g/mol. The van der Waals surface area contributed by atoms with Crippen molar-refractivity contribution in [2.24, 2.45) is 5.92 Å². The van der Waals surface area contributed by atoms with E-state index in [-0.39, 0.29) is 6.61 Å². The number of hydrogen-bond acceptors (Lipinski definition) is 3. The van der Waals surface area contributed by atoms with Crippen LogP contribution in [0.15, 0.2) is 0 Å². The van der Waals surface area contributed by atoms with Crippen molar-refractivity contribution in [3.8, 4) is 0 Å². The molecular formula is C13H27NO3. The van der Waals surface area contributed by atoms with E-state index in [2.05, 4.69) is 13.8 Å². The molecule has 0 bridgehead atoms. The number of carboxylic acids is 1. The van der Waals surface area contributed by atoms with Crippen molar-refractivity contribution >= 4 is 5.97 Å². The third kappa shape index (κ3) is 8.16. The summed E-state index contributed by atoms with van der Waals surface area (Å²) in [6, 6.07) is -0.507. The quantitative estimate of drug-likeness (QED) is 0.578. The smallest absolute Gasteiger partial charge is 0.320 e. The molecule has 4 heteroatoms. The van der Waals surface area contributed by atoms with E-state index in [1.165, 1.54) is 12.8 Å². The summed E-state index contributed by atoms with van der Waals surface area (Å²) >= 11 is 0. The Labute approximate surface area is 105 Å². The molecule has 0 fully saturated rings. The number of carbonyl (C=O) groups is 1. The minimum atomic E-state index is -0.819. The lowest BCUT2D eigenvalue weighted by Gasteiger charge is -2.25. The lowest BCUT2D eigenvalue weighted by molar-refractivity contribution is -0.142. The summed E-state index contributed by atoms with van der Waals surface area (Å²) in [5.74, 6) is -0.0814. The summed E-state index contributed by atoms with van der Waals surface area (Å²) in [6.07, 6.45) is 4.57. The van der Waals surface area contributed by atoms with E-state index in [1.54, 1.807) is 6.92 Å². The fourth-order valence-corrected chi connectivity index (χ4v) is 1.83. The van der Waals surface area contributed by atoms with Crippen LogP contribution >= 0.6 is 0 Å². The lowest BCUT2D eigenvalue weighted by Crippen LogP contribution is -2.41. The third-order valence-electron chi connectivity index (χ3n) is 3.02. The van der Waals surface area contributed by atoms with Crippen LogP contribution in [0.1, 0.15) is 46.5 Å². The van der Waals surface area contributed by atoms with Crippen molar-refractivity contribution in [2.45, 2.75) is 52.5 Å². The van der Waals surface area contributed by atoms with Gasteiger partial charge in [-0.3, -0.25) is 9.69 Å². The standard InChI is InChI=1S/C13H27NO3/c1-11(2)7-5-4-6-8-14(9-10-15)12(3)13(16)17/h11-12,15H,4-10H2,1-3H3,(H,16,17)/t12-/m0/s1. The third-order valence-corrected chi connectivity index (χ3v) is 3.02. The molecule has 0 aliphatic carbocycles. The zero-order chi connectivity index (χ0) is 13.3. The van der Waals surface area contributed by atoms with Gasteiger partial charge >= 0.3 is 5.97 Å². The summed E-state index contributed by atoms with van der Waals surface area (Å²) in [6.45, 7) is 7.31. The van der Waals surface area contributed by atoms with Crippen LogP contribution in [0.4, 0.5) is 0 Å². The number of unbranched alkanes of at least 4 members (excludes halogenated alkanes) is 2. The predicted molar refractivity (Wildman–Crippen MR) is 69.1 cm³/mol. The number of hydrogen-bond donors (Lipinski definition) is 2. The van der Waals surface area contributed by atoms with E-state index in [4.69, 9.17) is 10.2 Å². The molecule has 0 aromatic heterocycles. The van der Waals surface area contributed by atoms with Gasteiger partial charge in [-0.15, -0.1) is 0 Å². The van der Waals surface area contributed by atoms with Gasteiger partial charge in [0.25, 0.3) is 0 Å². The van der Waals surface area contributed by atoms with Crippen LogP contribution < -0.4 is 0 Å². The molecule has 0 aromatic rings. The molecule has 1 atom stereocenters. The summed E-state index contributed by atoms with van der Waals surface area (Å²) < 4.78 is 0. The fraction of sp³-hybridized carbons (Fsp3) is 0.923. The van der Waals surface area contributed by atoms with Gasteiger partial charge < -0.3 is 10.2 Å². The number of aliphatic hydroxyl groups excluding tert-OH is 1. The molecule has 0 saturated heterocycles. The summed E-state index contributed by atoms with van der Waals surface area (Å²) in [5.41, 5.74) is 0. The Morgan fingerprint density at radius 3 is 2.24 bits per heavy atom. The first-order valence-electron chi connectivity index (χ1n) is 6.56.